The Morgan fingerprint density at radius 2 is 2.14 bits per heavy atom. The molecular formula is C17H19N3O. The van der Waals surface area contributed by atoms with Crippen molar-refractivity contribution in [2.24, 2.45) is 0 Å². The van der Waals surface area contributed by atoms with Crippen molar-refractivity contribution in [2.45, 2.75) is 32.2 Å². The average Bonchev–Trinajstić information content (AvgIpc) is 2.54. The lowest BCUT2D eigenvalue weighted by Crippen LogP contribution is -2.27. The van der Waals surface area contributed by atoms with Crippen molar-refractivity contribution >= 4 is 0 Å². The molecule has 0 fully saturated rings. The van der Waals surface area contributed by atoms with Crippen LogP contribution in [0, 0.1) is 6.92 Å². The number of nitrogens with one attached hydrogen (secondary N) is 1. The van der Waals surface area contributed by atoms with Crippen LogP contribution in [0.5, 0.6) is 5.75 Å². The number of hydrogen-bond acceptors (Lipinski definition) is 4. The molecule has 2 aliphatic heterocycles. The average molecular weight is 281 g/mol. The summed E-state index contributed by atoms with van der Waals surface area (Å²) >= 11 is 0. The maximum absolute atomic E-state index is 5.75. The molecule has 1 aromatic heterocycles. The second kappa shape index (κ2) is 5.11. The predicted octanol–water partition coefficient (Wildman–Crippen LogP) is 2.35. The Bertz CT molecular complexity index is 684. The fourth-order valence-corrected chi connectivity index (χ4v) is 3.34. The van der Waals surface area contributed by atoms with Crippen molar-refractivity contribution in [2.75, 3.05) is 13.2 Å². The summed E-state index contributed by atoms with van der Waals surface area (Å²) in [4.78, 5) is 9.68. The van der Waals surface area contributed by atoms with E-state index in [9.17, 15) is 0 Å². The Kier molecular flexibility index (Phi) is 3.11. The van der Waals surface area contributed by atoms with Crippen LogP contribution in [0.1, 0.15) is 40.7 Å². The van der Waals surface area contributed by atoms with E-state index in [1.807, 2.05) is 12.1 Å². The molecule has 0 aliphatic carbocycles. The Balaban J connectivity index is 1.79. The van der Waals surface area contributed by atoms with Gasteiger partial charge in [-0.15, -0.1) is 0 Å². The van der Waals surface area contributed by atoms with Gasteiger partial charge in [-0.1, -0.05) is 18.2 Å². The predicted molar refractivity (Wildman–Crippen MR) is 80.6 cm³/mol. The Hall–Kier alpha value is -1.94. The van der Waals surface area contributed by atoms with E-state index in [0.717, 1.165) is 49.8 Å². The first-order valence-electron chi connectivity index (χ1n) is 7.61. The number of aromatic nitrogens is 2. The molecule has 0 amide bonds. The van der Waals surface area contributed by atoms with Gasteiger partial charge in [0, 0.05) is 17.8 Å². The quantitative estimate of drug-likeness (QED) is 0.871. The molecule has 1 N–H and O–H groups in total. The lowest BCUT2D eigenvalue weighted by molar-refractivity contribution is 0.274. The SMILES string of the molecule is Cc1nc(C2CCOc3ccccc32)nc2c1CCNC2. The molecule has 1 aromatic carbocycles. The topological polar surface area (TPSA) is 47.0 Å². The van der Waals surface area contributed by atoms with Crippen molar-refractivity contribution in [3.05, 3.63) is 52.6 Å². The molecule has 0 saturated heterocycles. The summed E-state index contributed by atoms with van der Waals surface area (Å²) in [7, 11) is 0. The molecule has 108 valence electrons. The van der Waals surface area contributed by atoms with Gasteiger partial charge in [0.05, 0.1) is 18.2 Å². The first-order chi connectivity index (χ1) is 10.3. The van der Waals surface area contributed by atoms with E-state index >= 15 is 0 Å². The number of ether oxygens (including phenoxy) is 1. The lowest BCUT2D eigenvalue weighted by atomic mass is 9.91. The largest absolute Gasteiger partial charge is 0.493 e. The van der Waals surface area contributed by atoms with Crippen LogP contribution in [0.15, 0.2) is 24.3 Å². The van der Waals surface area contributed by atoms with Crippen molar-refractivity contribution in [1.29, 1.82) is 0 Å². The maximum Gasteiger partial charge on any atom is 0.136 e. The van der Waals surface area contributed by atoms with Crippen LogP contribution in [0.4, 0.5) is 0 Å². The molecular weight excluding hydrogens is 262 g/mol. The summed E-state index contributed by atoms with van der Waals surface area (Å²) in [6.45, 7) is 4.73. The first kappa shape index (κ1) is 12.8. The Morgan fingerprint density at radius 3 is 3.10 bits per heavy atom. The molecule has 4 nitrogen and oxygen atoms in total. The van der Waals surface area contributed by atoms with E-state index in [-0.39, 0.29) is 5.92 Å². The summed E-state index contributed by atoms with van der Waals surface area (Å²) in [6, 6.07) is 8.25. The van der Waals surface area contributed by atoms with Gasteiger partial charge in [-0.3, -0.25) is 0 Å². The molecule has 0 spiro atoms. The van der Waals surface area contributed by atoms with Crippen molar-refractivity contribution in [1.82, 2.24) is 15.3 Å². The van der Waals surface area contributed by atoms with Crippen molar-refractivity contribution in [3.63, 3.8) is 0 Å². The molecule has 0 radical (unpaired) electrons. The highest BCUT2D eigenvalue weighted by Gasteiger charge is 2.26. The highest BCUT2D eigenvalue weighted by Crippen LogP contribution is 2.37. The molecule has 2 aliphatic rings. The van der Waals surface area contributed by atoms with E-state index < -0.39 is 0 Å². The van der Waals surface area contributed by atoms with E-state index in [2.05, 4.69) is 24.4 Å². The molecule has 21 heavy (non-hydrogen) atoms. The molecule has 0 saturated carbocycles. The minimum absolute atomic E-state index is 0.251. The summed E-state index contributed by atoms with van der Waals surface area (Å²) in [5.74, 6) is 2.18. The number of rotatable bonds is 1. The van der Waals surface area contributed by atoms with Gasteiger partial charge >= 0.3 is 0 Å². The fourth-order valence-electron chi connectivity index (χ4n) is 3.34. The molecule has 3 heterocycles. The molecule has 4 rings (SSSR count). The van der Waals surface area contributed by atoms with Crippen LogP contribution < -0.4 is 10.1 Å². The van der Waals surface area contributed by atoms with Crippen LogP contribution in [0.25, 0.3) is 0 Å². The van der Waals surface area contributed by atoms with Gasteiger partial charge in [0.1, 0.15) is 11.6 Å². The van der Waals surface area contributed by atoms with Crippen LogP contribution in [0.3, 0.4) is 0 Å². The van der Waals surface area contributed by atoms with Crippen molar-refractivity contribution < 1.29 is 4.74 Å². The van der Waals surface area contributed by atoms with E-state index in [1.165, 1.54) is 16.8 Å². The van der Waals surface area contributed by atoms with Crippen LogP contribution in [-0.4, -0.2) is 23.1 Å². The minimum atomic E-state index is 0.251. The van der Waals surface area contributed by atoms with E-state index in [1.54, 1.807) is 0 Å². The lowest BCUT2D eigenvalue weighted by Gasteiger charge is -2.26. The van der Waals surface area contributed by atoms with Crippen LogP contribution in [0.2, 0.25) is 0 Å². The number of fused-ring (bicyclic) bond motifs is 2. The number of nitrogens with zero attached hydrogens (tertiary/aromatic N) is 2. The molecule has 2 aromatic rings. The third kappa shape index (κ3) is 2.20. The Morgan fingerprint density at radius 1 is 1.24 bits per heavy atom. The third-order valence-electron chi connectivity index (χ3n) is 4.43. The number of aryl methyl sites for hydroxylation is 1. The minimum Gasteiger partial charge on any atom is -0.493 e. The number of benzene rings is 1. The molecule has 4 heteroatoms. The second-order valence-electron chi connectivity index (χ2n) is 5.75. The molecule has 1 unspecified atom stereocenters. The van der Waals surface area contributed by atoms with Gasteiger partial charge in [-0.25, -0.2) is 9.97 Å². The van der Waals surface area contributed by atoms with Gasteiger partial charge in [-0.05, 0) is 37.9 Å². The molecule has 1 atom stereocenters. The second-order valence-corrected chi connectivity index (χ2v) is 5.75. The number of para-hydroxylation sites is 1. The molecule has 0 bridgehead atoms. The van der Waals surface area contributed by atoms with Gasteiger partial charge in [0.15, 0.2) is 0 Å². The Labute approximate surface area is 124 Å². The van der Waals surface area contributed by atoms with Gasteiger partial charge in [0.2, 0.25) is 0 Å². The summed E-state index contributed by atoms with van der Waals surface area (Å²) in [6.07, 6.45) is 1.98. The zero-order valence-corrected chi connectivity index (χ0v) is 12.2. The van der Waals surface area contributed by atoms with Gasteiger partial charge in [0.25, 0.3) is 0 Å². The smallest absolute Gasteiger partial charge is 0.136 e. The van der Waals surface area contributed by atoms with Crippen LogP contribution >= 0.6 is 0 Å². The first-order valence-corrected chi connectivity index (χ1v) is 7.61. The van der Waals surface area contributed by atoms with Gasteiger partial charge in [-0.2, -0.15) is 0 Å². The van der Waals surface area contributed by atoms with E-state index in [4.69, 9.17) is 14.7 Å². The maximum atomic E-state index is 5.75. The fraction of sp³-hybridized carbons (Fsp3) is 0.412. The summed E-state index contributed by atoms with van der Waals surface area (Å²) < 4.78 is 5.75. The summed E-state index contributed by atoms with van der Waals surface area (Å²) in [5, 5.41) is 3.40. The van der Waals surface area contributed by atoms with Gasteiger partial charge < -0.3 is 10.1 Å². The zero-order chi connectivity index (χ0) is 14.2. The summed E-state index contributed by atoms with van der Waals surface area (Å²) in [5.41, 5.74) is 4.86. The third-order valence-corrected chi connectivity index (χ3v) is 4.43. The van der Waals surface area contributed by atoms with Crippen LogP contribution in [-0.2, 0) is 13.0 Å². The monoisotopic (exact) mass is 281 g/mol. The normalized spacial score (nSPS) is 20.3. The highest BCUT2D eigenvalue weighted by atomic mass is 16.5. The standard InChI is InChI=1S/C17H19N3O/c1-11-12-6-8-18-10-15(12)20-17(19-11)14-7-9-21-16-5-3-2-4-13(14)16/h2-5,14,18H,6-10H2,1H3. The zero-order valence-electron chi connectivity index (χ0n) is 12.2. The van der Waals surface area contributed by atoms with E-state index in [0.29, 0.717) is 0 Å². The highest BCUT2D eigenvalue weighted by molar-refractivity contribution is 5.41. The number of hydrogen-bond donors (Lipinski definition) is 1. The van der Waals surface area contributed by atoms with Crippen molar-refractivity contribution in [3.8, 4) is 5.75 Å².